The summed E-state index contributed by atoms with van der Waals surface area (Å²) in [5, 5.41) is 2.54. The lowest BCUT2D eigenvalue weighted by Gasteiger charge is -2.18. The molecule has 2 aliphatic rings. The van der Waals surface area contributed by atoms with E-state index in [0.717, 1.165) is 6.42 Å². The molecule has 0 aromatic heterocycles. The van der Waals surface area contributed by atoms with Gasteiger partial charge in [-0.1, -0.05) is 30.3 Å². The summed E-state index contributed by atoms with van der Waals surface area (Å²) >= 11 is 0. The molecule has 1 unspecified atom stereocenters. The van der Waals surface area contributed by atoms with Crippen molar-refractivity contribution < 1.29 is 4.79 Å². The first-order chi connectivity index (χ1) is 8.24. The van der Waals surface area contributed by atoms with E-state index < -0.39 is 0 Å². The zero-order valence-electron chi connectivity index (χ0n) is 9.47. The van der Waals surface area contributed by atoms with Crippen LogP contribution < -0.4 is 11.1 Å². The van der Waals surface area contributed by atoms with Gasteiger partial charge in [0.15, 0.2) is 5.96 Å². The Morgan fingerprint density at radius 2 is 2.06 bits per heavy atom. The van der Waals surface area contributed by atoms with Crippen LogP contribution in [0.25, 0.3) is 0 Å². The molecule has 1 heterocycles. The fraction of sp³-hybridized carbons (Fsp3) is 0.385. The van der Waals surface area contributed by atoms with Crippen LogP contribution in [0.15, 0.2) is 35.3 Å². The number of nitrogens with two attached hydrogens (primary N) is 1. The lowest BCUT2D eigenvalue weighted by Crippen LogP contribution is -2.43. The third-order valence-corrected chi connectivity index (χ3v) is 3.53. The standard InChI is InChI=1S/C13H15N3O/c14-13-15-11(7-12(17)16-13)10-6-9(10)8-4-2-1-3-5-8/h1-5,9-11H,6-7H2,(H3,14,15,16,17)/t9-,10+,11?/m1/s1. The topological polar surface area (TPSA) is 67.5 Å². The molecular weight excluding hydrogens is 214 g/mol. The van der Waals surface area contributed by atoms with E-state index in [4.69, 9.17) is 5.73 Å². The van der Waals surface area contributed by atoms with E-state index in [2.05, 4.69) is 34.6 Å². The van der Waals surface area contributed by atoms with Crippen LogP contribution in [0.4, 0.5) is 0 Å². The number of aliphatic imine (C=N–C) groups is 1. The van der Waals surface area contributed by atoms with Gasteiger partial charge in [-0.3, -0.25) is 10.1 Å². The Morgan fingerprint density at radius 1 is 1.29 bits per heavy atom. The van der Waals surface area contributed by atoms with Crippen molar-refractivity contribution in [3.63, 3.8) is 0 Å². The fourth-order valence-electron chi connectivity index (χ4n) is 2.61. The number of hydrogen-bond donors (Lipinski definition) is 2. The predicted molar refractivity (Wildman–Crippen MR) is 65.5 cm³/mol. The molecule has 1 aromatic carbocycles. The normalized spacial score (nSPS) is 31.6. The molecule has 0 bridgehead atoms. The summed E-state index contributed by atoms with van der Waals surface area (Å²) in [5.41, 5.74) is 6.93. The molecule has 1 aromatic rings. The molecule has 3 atom stereocenters. The van der Waals surface area contributed by atoms with Gasteiger partial charge >= 0.3 is 0 Å². The summed E-state index contributed by atoms with van der Waals surface area (Å²) in [6, 6.07) is 10.5. The monoisotopic (exact) mass is 229 g/mol. The number of guanidine groups is 1. The van der Waals surface area contributed by atoms with Crippen molar-refractivity contribution in [3.05, 3.63) is 35.9 Å². The van der Waals surface area contributed by atoms with Gasteiger partial charge in [-0.25, -0.2) is 4.99 Å². The zero-order valence-corrected chi connectivity index (χ0v) is 9.47. The van der Waals surface area contributed by atoms with Gasteiger partial charge < -0.3 is 5.73 Å². The average molecular weight is 229 g/mol. The van der Waals surface area contributed by atoms with Gasteiger partial charge in [0.25, 0.3) is 0 Å². The minimum Gasteiger partial charge on any atom is -0.370 e. The maximum Gasteiger partial charge on any atom is 0.228 e. The van der Waals surface area contributed by atoms with Gasteiger partial charge in [-0.2, -0.15) is 0 Å². The van der Waals surface area contributed by atoms with E-state index in [1.54, 1.807) is 0 Å². The van der Waals surface area contributed by atoms with E-state index in [1.807, 2.05) is 6.07 Å². The van der Waals surface area contributed by atoms with E-state index in [9.17, 15) is 4.79 Å². The summed E-state index contributed by atoms with van der Waals surface area (Å²) in [7, 11) is 0. The molecule has 1 amide bonds. The van der Waals surface area contributed by atoms with Crippen LogP contribution in [-0.4, -0.2) is 17.9 Å². The highest BCUT2D eigenvalue weighted by atomic mass is 16.1. The highest BCUT2D eigenvalue weighted by Gasteiger charge is 2.45. The van der Waals surface area contributed by atoms with Crippen LogP contribution >= 0.6 is 0 Å². The van der Waals surface area contributed by atoms with Gasteiger partial charge in [-0.15, -0.1) is 0 Å². The largest absolute Gasteiger partial charge is 0.370 e. The highest BCUT2D eigenvalue weighted by Crippen LogP contribution is 2.51. The van der Waals surface area contributed by atoms with Gasteiger partial charge in [0.1, 0.15) is 0 Å². The SMILES string of the molecule is NC1=NC([C@H]2C[C@@H]2c2ccccc2)CC(=O)N1. The number of rotatable bonds is 2. The van der Waals surface area contributed by atoms with Crippen LogP contribution in [0.1, 0.15) is 24.3 Å². The number of amides is 1. The van der Waals surface area contributed by atoms with Crippen molar-refractivity contribution in [3.8, 4) is 0 Å². The first-order valence-corrected chi connectivity index (χ1v) is 5.92. The number of carbonyl (C=O) groups is 1. The fourth-order valence-corrected chi connectivity index (χ4v) is 2.61. The molecule has 1 saturated carbocycles. The van der Waals surface area contributed by atoms with Crippen LogP contribution in [0.5, 0.6) is 0 Å². The van der Waals surface area contributed by atoms with Gasteiger partial charge in [-0.05, 0) is 23.8 Å². The molecule has 3 rings (SSSR count). The number of carbonyl (C=O) groups excluding carboxylic acids is 1. The molecule has 1 fully saturated rings. The summed E-state index contributed by atoms with van der Waals surface area (Å²) in [4.78, 5) is 15.7. The van der Waals surface area contributed by atoms with Crippen LogP contribution in [0.3, 0.4) is 0 Å². The Bertz CT molecular complexity index is 469. The van der Waals surface area contributed by atoms with Crippen LogP contribution in [0.2, 0.25) is 0 Å². The molecular formula is C13H15N3O. The number of nitrogens with one attached hydrogen (secondary N) is 1. The second kappa shape index (κ2) is 3.87. The predicted octanol–water partition coefficient (Wildman–Crippen LogP) is 0.993. The lowest BCUT2D eigenvalue weighted by molar-refractivity contribution is -0.120. The quantitative estimate of drug-likeness (QED) is 0.794. The summed E-state index contributed by atoms with van der Waals surface area (Å²) in [6.07, 6.45) is 1.58. The van der Waals surface area contributed by atoms with Gasteiger partial charge in [0.05, 0.1) is 6.04 Å². The van der Waals surface area contributed by atoms with E-state index in [0.29, 0.717) is 18.3 Å². The molecule has 1 aliphatic heterocycles. The maximum absolute atomic E-state index is 11.4. The van der Waals surface area contributed by atoms with Crippen LogP contribution in [-0.2, 0) is 4.79 Å². The smallest absolute Gasteiger partial charge is 0.228 e. The molecule has 17 heavy (non-hydrogen) atoms. The van der Waals surface area contributed by atoms with Gasteiger partial charge in [0.2, 0.25) is 5.91 Å². The minimum atomic E-state index is -0.0128. The molecule has 0 spiro atoms. The Balaban J connectivity index is 1.73. The summed E-state index contributed by atoms with van der Waals surface area (Å²) in [5.74, 6) is 1.27. The minimum absolute atomic E-state index is 0.0128. The molecule has 4 nitrogen and oxygen atoms in total. The Hall–Kier alpha value is -1.84. The number of hydrogen-bond acceptors (Lipinski definition) is 3. The molecule has 88 valence electrons. The van der Waals surface area contributed by atoms with Crippen molar-refractivity contribution in [2.24, 2.45) is 16.6 Å². The number of nitrogens with zero attached hydrogens (tertiary/aromatic N) is 1. The van der Waals surface area contributed by atoms with E-state index in [-0.39, 0.29) is 17.9 Å². The Morgan fingerprint density at radius 3 is 2.76 bits per heavy atom. The number of benzene rings is 1. The molecule has 1 aliphatic carbocycles. The van der Waals surface area contributed by atoms with E-state index >= 15 is 0 Å². The third kappa shape index (κ3) is 2.02. The van der Waals surface area contributed by atoms with Crippen molar-refractivity contribution >= 4 is 11.9 Å². The zero-order chi connectivity index (χ0) is 11.8. The maximum atomic E-state index is 11.4. The summed E-state index contributed by atoms with van der Waals surface area (Å²) < 4.78 is 0. The average Bonchev–Trinajstić information content (AvgIpc) is 3.09. The van der Waals surface area contributed by atoms with Crippen molar-refractivity contribution in [1.29, 1.82) is 0 Å². The third-order valence-electron chi connectivity index (χ3n) is 3.53. The lowest BCUT2D eigenvalue weighted by atomic mass is 10.0. The second-order valence-corrected chi connectivity index (χ2v) is 4.75. The Labute approximate surface area is 99.9 Å². The molecule has 4 heteroatoms. The van der Waals surface area contributed by atoms with E-state index in [1.165, 1.54) is 5.56 Å². The first-order valence-electron chi connectivity index (χ1n) is 5.92. The van der Waals surface area contributed by atoms with Gasteiger partial charge in [0, 0.05) is 6.42 Å². The van der Waals surface area contributed by atoms with Crippen molar-refractivity contribution in [2.75, 3.05) is 0 Å². The molecule has 3 N–H and O–H groups in total. The van der Waals surface area contributed by atoms with Crippen LogP contribution in [0, 0.1) is 5.92 Å². The highest BCUT2D eigenvalue weighted by molar-refractivity contribution is 5.98. The second-order valence-electron chi connectivity index (χ2n) is 4.75. The first kappa shape index (κ1) is 10.3. The molecule has 0 radical (unpaired) electrons. The Kier molecular flexibility index (Phi) is 2.35. The summed E-state index contributed by atoms with van der Waals surface area (Å²) in [6.45, 7) is 0. The molecule has 0 saturated heterocycles. The van der Waals surface area contributed by atoms with Crippen molar-refractivity contribution in [2.45, 2.75) is 24.8 Å². The van der Waals surface area contributed by atoms with Crippen molar-refractivity contribution in [1.82, 2.24) is 5.32 Å².